The first-order valence-corrected chi connectivity index (χ1v) is 11.5. The van der Waals surface area contributed by atoms with Gasteiger partial charge >= 0.3 is 0 Å². The molecule has 32 heavy (non-hydrogen) atoms. The molecule has 1 aliphatic heterocycles. The van der Waals surface area contributed by atoms with Gasteiger partial charge in [0, 0.05) is 38.1 Å². The summed E-state index contributed by atoms with van der Waals surface area (Å²) in [5.41, 5.74) is 3.81. The van der Waals surface area contributed by atoms with Crippen LogP contribution in [0.1, 0.15) is 26.5 Å². The quantitative estimate of drug-likeness (QED) is 0.476. The summed E-state index contributed by atoms with van der Waals surface area (Å²) in [6.45, 7) is 5.94. The maximum absolute atomic E-state index is 13.2. The Labute approximate surface area is 190 Å². The molecule has 0 radical (unpaired) electrons. The maximum Gasteiger partial charge on any atom is 0.264 e. The van der Waals surface area contributed by atoms with Crippen LogP contribution in [0.2, 0.25) is 0 Å². The molecular formula is C25H23N5OS. The predicted molar refractivity (Wildman–Crippen MR) is 126 cm³/mol. The van der Waals surface area contributed by atoms with Gasteiger partial charge in [-0.15, -0.1) is 11.3 Å². The first kappa shape index (κ1) is 20.4. The molecule has 7 heteroatoms. The average molecular weight is 442 g/mol. The first-order chi connectivity index (χ1) is 15.6. The molecule has 0 bridgehead atoms. The van der Waals surface area contributed by atoms with Crippen molar-refractivity contribution in [3.63, 3.8) is 0 Å². The van der Waals surface area contributed by atoms with Gasteiger partial charge in [0.1, 0.15) is 4.83 Å². The molecule has 0 unspecified atom stereocenters. The van der Waals surface area contributed by atoms with Gasteiger partial charge in [-0.3, -0.25) is 9.69 Å². The largest absolute Gasteiger partial charge is 0.335 e. The van der Waals surface area contributed by atoms with E-state index in [4.69, 9.17) is 5.26 Å². The minimum Gasteiger partial charge on any atom is -0.335 e. The van der Waals surface area contributed by atoms with E-state index in [9.17, 15) is 4.79 Å². The number of nitriles is 1. The number of aryl methyl sites for hydroxylation is 1. The Hall–Kier alpha value is -3.47. The van der Waals surface area contributed by atoms with Gasteiger partial charge in [-0.05, 0) is 42.8 Å². The molecular weight excluding hydrogens is 418 g/mol. The van der Waals surface area contributed by atoms with Crippen molar-refractivity contribution < 1.29 is 4.79 Å². The molecule has 1 saturated heterocycles. The molecule has 2 aromatic heterocycles. The summed E-state index contributed by atoms with van der Waals surface area (Å²) in [6, 6.07) is 21.9. The van der Waals surface area contributed by atoms with Crippen LogP contribution >= 0.6 is 11.3 Å². The molecule has 4 aromatic rings. The summed E-state index contributed by atoms with van der Waals surface area (Å²) in [5.74, 6) is 0.100. The van der Waals surface area contributed by atoms with Crippen molar-refractivity contribution in [2.45, 2.75) is 13.5 Å². The number of hydrogen-bond acceptors (Lipinski definition) is 5. The van der Waals surface area contributed by atoms with Gasteiger partial charge in [0.15, 0.2) is 0 Å². The first-order valence-electron chi connectivity index (χ1n) is 10.7. The van der Waals surface area contributed by atoms with Gasteiger partial charge in [0.2, 0.25) is 0 Å². The van der Waals surface area contributed by atoms with E-state index >= 15 is 0 Å². The summed E-state index contributed by atoms with van der Waals surface area (Å²) in [4.78, 5) is 19.3. The minimum atomic E-state index is 0.100. The van der Waals surface area contributed by atoms with E-state index in [0.717, 1.165) is 46.1 Å². The number of hydrogen-bond donors (Lipinski definition) is 0. The van der Waals surface area contributed by atoms with Crippen molar-refractivity contribution in [3.8, 4) is 11.8 Å². The second-order valence-corrected chi connectivity index (χ2v) is 9.07. The Morgan fingerprint density at radius 3 is 2.47 bits per heavy atom. The van der Waals surface area contributed by atoms with Crippen LogP contribution in [0.3, 0.4) is 0 Å². The zero-order valence-electron chi connectivity index (χ0n) is 17.9. The summed E-state index contributed by atoms with van der Waals surface area (Å²) < 4.78 is 1.93. The number of benzene rings is 2. The SMILES string of the molecule is Cc1nn(-c2ccccc2)c2sc(C(=O)N3CCN(Cc4ccc(C#N)cc4)CC3)cc12. The van der Waals surface area contributed by atoms with E-state index < -0.39 is 0 Å². The normalized spacial score (nSPS) is 14.6. The third-order valence-corrected chi connectivity index (χ3v) is 7.00. The fraction of sp³-hybridized carbons (Fsp3) is 0.240. The van der Waals surface area contributed by atoms with E-state index in [1.165, 1.54) is 16.9 Å². The molecule has 2 aromatic carbocycles. The van der Waals surface area contributed by atoms with Gasteiger partial charge in [0.05, 0.1) is 27.9 Å². The number of amides is 1. The third kappa shape index (κ3) is 3.91. The van der Waals surface area contributed by atoms with Crippen LogP contribution in [0, 0.1) is 18.3 Å². The van der Waals surface area contributed by atoms with Crippen molar-refractivity contribution in [2.24, 2.45) is 0 Å². The standard InChI is InChI=1S/C25H23N5OS/c1-18-22-15-23(32-25(22)30(27-18)21-5-3-2-4-6-21)24(31)29-13-11-28(12-14-29)17-20-9-7-19(16-26)8-10-20/h2-10,15H,11-14,17H2,1H3. The minimum absolute atomic E-state index is 0.100. The monoisotopic (exact) mass is 441 g/mol. The molecule has 6 nitrogen and oxygen atoms in total. The fourth-order valence-corrected chi connectivity index (χ4v) is 5.26. The lowest BCUT2D eigenvalue weighted by Crippen LogP contribution is -2.48. The Morgan fingerprint density at radius 2 is 1.78 bits per heavy atom. The van der Waals surface area contributed by atoms with E-state index in [0.29, 0.717) is 18.7 Å². The van der Waals surface area contributed by atoms with Gasteiger partial charge in [-0.25, -0.2) is 4.68 Å². The molecule has 160 valence electrons. The Morgan fingerprint density at radius 1 is 1.06 bits per heavy atom. The third-order valence-electron chi connectivity index (χ3n) is 5.90. The molecule has 1 fully saturated rings. The molecule has 0 aliphatic carbocycles. The highest BCUT2D eigenvalue weighted by Gasteiger charge is 2.25. The number of aromatic nitrogens is 2. The smallest absolute Gasteiger partial charge is 0.264 e. The molecule has 3 heterocycles. The van der Waals surface area contributed by atoms with E-state index in [1.807, 2.05) is 77.2 Å². The van der Waals surface area contributed by atoms with Crippen LogP contribution in [-0.2, 0) is 6.54 Å². The summed E-state index contributed by atoms with van der Waals surface area (Å²) in [6.07, 6.45) is 0. The highest BCUT2D eigenvalue weighted by molar-refractivity contribution is 7.20. The molecule has 0 saturated carbocycles. The summed E-state index contributed by atoms with van der Waals surface area (Å²) in [5, 5.41) is 14.7. The fourth-order valence-electron chi connectivity index (χ4n) is 4.10. The van der Waals surface area contributed by atoms with Crippen molar-refractivity contribution in [2.75, 3.05) is 26.2 Å². The average Bonchev–Trinajstić information content (AvgIpc) is 3.41. The van der Waals surface area contributed by atoms with Crippen LogP contribution in [0.25, 0.3) is 15.9 Å². The number of fused-ring (bicyclic) bond motifs is 1. The number of piperazine rings is 1. The molecule has 0 N–H and O–H groups in total. The number of carbonyl (C=O) groups excluding carboxylic acids is 1. The second-order valence-electron chi connectivity index (χ2n) is 8.04. The van der Waals surface area contributed by atoms with Gasteiger partial charge < -0.3 is 4.90 Å². The Bertz CT molecular complexity index is 1290. The predicted octanol–water partition coefficient (Wildman–Crippen LogP) is 4.23. The Balaban J connectivity index is 1.27. The van der Waals surface area contributed by atoms with Crippen LogP contribution < -0.4 is 0 Å². The topological polar surface area (TPSA) is 65.2 Å². The number of para-hydroxylation sites is 1. The molecule has 1 amide bonds. The maximum atomic E-state index is 13.2. The number of rotatable bonds is 4. The highest BCUT2D eigenvalue weighted by Crippen LogP contribution is 2.31. The van der Waals surface area contributed by atoms with Gasteiger partial charge in [-0.1, -0.05) is 30.3 Å². The second kappa shape index (κ2) is 8.58. The van der Waals surface area contributed by atoms with Gasteiger partial charge in [-0.2, -0.15) is 10.4 Å². The molecule has 0 spiro atoms. The lowest BCUT2D eigenvalue weighted by atomic mass is 10.1. The van der Waals surface area contributed by atoms with Gasteiger partial charge in [0.25, 0.3) is 5.91 Å². The van der Waals surface area contributed by atoms with Crippen LogP contribution in [0.5, 0.6) is 0 Å². The summed E-state index contributed by atoms with van der Waals surface area (Å²) >= 11 is 1.52. The number of carbonyl (C=O) groups is 1. The number of nitrogens with zero attached hydrogens (tertiary/aromatic N) is 5. The molecule has 0 atom stereocenters. The van der Waals surface area contributed by atoms with Crippen LogP contribution in [-0.4, -0.2) is 51.7 Å². The zero-order valence-corrected chi connectivity index (χ0v) is 18.7. The highest BCUT2D eigenvalue weighted by atomic mass is 32.1. The van der Waals surface area contributed by atoms with Crippen molar-refractivity contribution in [1.29, 1.82) is 5.26 Å². The number of thiophene rings is 1. The zero-order chi connectivity index (χ0) is 22.1. The van der Waals surface area contributed by atoms with Crippen molar-refractivity contribution in [1.82, 2.24) is 19.6 Å². The molecule has 1 aliphatic rings. The van der Waals surface area contributed by atoms with E-state index in [-0.39, 0.29) is 5.91 Å². The van der Waals surface area contributed by atoms with Crippen LogP contribution in [0.4, 0.5) is 0 Å². The van der Waals surface area contributed by atoms with Crippen molar-refractivity contribution >= 4 is 27.5 Å². The van der Waals surface area contributed by atoms with E-state index in [1.54, 1.807) is 0 Å². The lowest BCUT2D eigenvalue weighted by molar-refractivity contribution is 0.0633. The Kier molecular flexibility index (Phi) is 5.48. The van der Waals surface area contributed by atoms with E-state index in [2.05, 4.69) is 16.1 Å². The molecule has 5 rings (SSSR count). The van der Waals surface area contributed by atoms with Crippen LogP contribution in [0.15, 0.2) is 60.7 Å². The lowest BCUT2D eigenvalue weighted by Gasteiger charge is -2.34. The van der Waals surface area contributed by atoms with Crippen molar-refractivity contribution in [3.05, 3.63) is 82.4 Å². The summed E-state index contributed by atoms with van der Waals surface area (Å²) in [7, 11) is 0.